The van der Waals surface area contributed by atoms with Crippen LogP contribution in [0.2, 0.25) is 0 Å². The summed E-state index contributed by atoms with van der Waals surface area (Å²) in [6.07, 6.45) is 0. The van der Waals surface area contributed by atoms with Gasteiger partial charge >= 0.3 is 5.97 Å². The zero-order chi connectivity index (χ0) is 14.0. The molecule has 0 radical (unpaired) electrons. The zero-order valence-electron chi connectivity index (χ0n) is 11.6. The number of hydrogen-bond donors (Lipinski definition) is 1. The maximum Gasteiger partial charge on any atom is 0.311 e. The van der Waals surface area contributed by atoms with Crippen molar-refractivity contribution in [2.75, 3.05) is 13.1 Å². The molecule has 2 atom stereocenters. The summed E-state index contributed by atoms with van der Waals surface area (Å²) in [6, 6.07) is 6.62. The van der Waals surface area contributed by atoms with Gasteiger partial charge in [-0.1, -0.05) is 18.2 Å². The maximum atomic E-state index is 13.8. The minimum Gasteiger partial charge on any atom is -0.460 e. The molecule has 1 N–H and O–H groups in total. The maximum absolute atomic E-state index is 13.8. The molecule has 4 heteroatoms. The molecule has 1 aromatic rings. The van der Waals surface area contributed by atoms with E-state index in [1.54, 1.807) is 18.2 Å². The standard InChI is InChI=1S/C15H20FNO2/c1-15(2,3)19-14(18)12-9-17-8-11(12)10-6-4-5-7-13(10)16/h4-7,11-12,17H,8-9H2,1-3H3. The van der Waals surface area contributed by atoms with E-state index in [-0.39, 0.29) is 23.6 Å². The van der Waals surface area contributed by atoms with Crippen LogP contribution < -0.4 is 5.32 Å². The molecule has 3 nitrogen and oxygen atoms in total. The van der Waals surface area contributed by atoms with Gasteiger partial charge in [0.25, 0.3) is 0 Å². The van der Waals surface area contributed by atoms with Gasteiger partial charge < -0.3 is 10.1 Å². The van der Waals surface area contributed by atoms with Crippen LogP contribution in [0.15, 0.2) is 24.3 Å². The first kappa shape index (κ1) is 14.0. The molecule has 2 rings (SSSR count). The highest BCUT2D eigenvalue weighted by Gasteiger charge is 2.37. The van der Waals surface area contributed by atoms with Crippen LogP contribution in [0, 0.1) is 11.7 Å². The summed E-state index contributed by atoms with van der Waals surface area (Å²) < 4.78 is 19.2. The molecule has 1 aliphatic rings. The average Bonchev–Trinajstić information content (AvgIpc) is 2.76. The first-order valence-corrected chi connectivity index (χ1v) is 6.56. The third-order valence-electron chi connectivity index (χ3n) is 3.23. The number of hydrogen-bond acceptors (Lipinski definition) is 3. The lowest BCUT2D eigenvalue weighted by Crippen LogP contribution is -2.32. The summed E-state index contributed by atoms with van der Waals surface area (Å²) in [4.78, 5) is 12.2. The van der Waals surface area contributed by atoms with Gasteiger partial charge in [0.05, 0.1) is 5.92 Å². The van der Waals surface area contributed by atoms with E-state index in [2.05, 4.69) is 5.32 Å². The summed E-state index contributed by atoms with van der Waals surface area (Å²) in [5.41, 5.74) is 0.0720. The Labute approximate surface area is 113 Å². The van der Waals surface area contributed by atoms with E-state index in [0.29, 0.717) is 18.7 Å². The molecule has 1 fully saturated rings. The van der Waals surface area contributed by atoms with Crippen molar-refractivity contribution in [2.45, 2.75) is 32.3 Å². The quantitative estimate of drug-likeness (QED) is 0.835. The first-order chi connectivity index (χ1) is 8.88. The van der Waals surface area contributed by atoms with Crippen LogP contribution in [0.1, 0.15) is 32.3 Å². The summed E-state index contributed by atoms with van der Waals surface area (Å²) >= 11 is 0. The van der Waals surface area contributed by atoms with E-state index in [1.165, 1.54) is 6.07 Å². The highest BCUT2D eigenvalue weighted by molar-refractivity contribution is 5.75. The van der Waals surface area contributed by atoms with Gasteiger partial charge in [-0.3, -0.25) is 4.79 Å². The van der Waals surface area contributed by atoms with E-state index in [4.69, 9.17) is 4.74 Å². The topological polar surface area (TPSA) is 38.3 Å². The Hall–Kier alpha value is -1.42. The normalized spacial score (nSPS) is 23.4. The van der Waals surface area contributed by atoms with Gasteiger partial charge in [0.2, 0.25) is 0 Å². The number of nitrogens with one attached hydrogen (secondary N) is 1. The van der Waals surface area contributed by atoms with Gasteiger partial charge in [-0.05, 0) is 32.4 Å². The highest BCUT2D eigenvalue weighted by atomic mass is 19.1. The van der Waals surface area contributed by atoms with Gasteiger partial charge in [-0.25, -0.2) is 4.39 Å². The largest absolute Gasteiger partial charge is 0.460 e. The molecule has 1 aromatic carbocycles. The van der Waals surface area contributed by atoms with Crippen molar-refractivity contribution < 1.29 is 13.9 Å². The highest BCUT2D eigenvalue weighted by Crippen LogP contribution is 2.31. The molecule has 0 aromatic heterocycles. The van der Waals surface area contributed by atoms with Crippen molar-refractivity contribution in [3.63, 3.8) is 0 Å². The number of benzene rings is 1. The fourth-order valence-corrected chi connectivity index (χ4v) is 2.41. The molecule has 0 saturated carbocycles. The molecule has 2 unspecified atom stereocenters. The predicted molar refractivity (Wildman–Crippen MR) is 71.3 cm³/mol. The number of rotatable bonds is 2. The average molecular weight is 265 g/mol. The number of carbonyl (C=O) groups excluding carboxylic acids is 1. The first-order valence-electron chi connectivity index (χ1n) is 6.56. The van der Waals surface area contributed by atoms with Crippen LogP contribution in [0.25, 0.3) is 0 Å². The Morgan fingerprint density at radius 3 is 2.63 bits per heavy atom. The molecule has 0 amide bonds. The summed E-state index contributed by atoms with van der Waals surface area (Å²) in [7, 11) is 0. The van der Waals surface area contributed by atoms with Crippen molar-refractivity contribution in [3.8, 4) is 0 Å². The van der Waals surface area contributed by atoms with E-state index < -0.39 is 5.60 Å². The fraction of sp³-hybridized carbons (Fsp3) is 0.533. The van der Waals surface area contributed by atoms with Gasteiger partial charge in [0.15, 0.2) is 0 Å². The molecular formula is C15H20FNO2. The molecular weight excluding hydrogens is 245 g/mol. The Morgan fingerprint density at radius 2 is 2.00 bits per heavy atom. The second-order valence-corrected chi connectivity index (χ2v) is 5.93. The second-order valence-electron chi connectivity index (χ2n) is 5.93. The van der Waals surface area contributed by atoms with E-state index in [1.807, 2.05) is 20.8 Å². The smallest absolute Gasteiger partial charge is 0.311 e. The van der Waals surface area contributed by atoms with Gasteiger partial charge in [-0.15, -0.1) is 0 Å². The molecule has 1 aliphatic heterocycles. The van der Waals surface area contributed by atoms with E-state index in [9.17, 15) is 9.18 Å². The minimum absolute atomic E-state index is 0.156. The summed E-state index contributed by atoms with van der Waals surface area (Å²) in [5.74, 6) is -0.998. The molecule has 1 saturated heterocycles. The van der Waals surface area contributed by atoms with Crippen molar-refractivity contribution in [2.24, 2.45) is 5.92 Å². The molecule has 1 heterocycles. The number of halogens is 1. The summed E-state index contributed by atoms with van der Waals surface area (Å²) in [5, 5.41) is 3.15. The molecule has 0 aliphatic carbocycles. The lowest BCUT2D eigenvalue weighted by molar-refractivity contribution is -0.159. The number of esters is 1. The van der Waals surface area contributed by atoms with E-state index in [0.717, 1.165) is 0 Å². The third-order valence-corrected chi connectivity index (χ3v) is 3.23. The Kier molecular flexibility index (Phi) is 3.90. The van der Waals surface area contributed by atoms with Crippen LogP contribution in [0.3, 0.4) is 0 Å². The molecule has 19 heavy (non-hydrogen) atoms. The second kappa shape index (κ2) is 5.29. The van der Waals surface area contributed by atoms with Gasteiger partial charge in [0, 0.05) is 19.0 Å². The third kappa shape index (κ3) is 3.32. The van der Waals surface area contributed by atoms with E-state index >= 15 is 0 Å². The lowest BCUT2D eigenvalue weighted by Gasteiger charge is -2.24. The summed E-state index contributed by atoms with van der Waals surface area (Å²) in [6.45, 7) is 6.65. The van der Waals surface area contributed by atoms with Crippen molar-refractivity contribution in [1.82, 2.24) is 5.32 Å². The van der Waals surface area contributed by atoms with Crippen molar-refractivity contribution in [1.29, 1.82) is 0 Å². The van der Waals surface area contributed by atoms with Crippen LogP contribution in [0.4, 0.5) is 4.39 Å². The molecule has 0 spiro atoms. The van der Waals surface area contributed by atoms with Crippen LogP contribution >= 0.6 is 0 Å². The van der Waals surface area contributed by atoms with Crippen LogP contribution in [-0.4, -0.2) is 24.7 Å². The van der Waals surface area contributed by atoms with Gasteiger partial charge in [0.1, 0.15) is 11.4 Å². The van der Waals surface area contributed by atoms with Crippen molar-refractivity contribution >= 4 is 5.97 Å². The Balaban J connectivity index is 2.18. The Morgan fingerprint density at radius 1 is 1.32 bits per heavy atom. The Bertz CT molecular complexity index is 467. The monoisotopic (exact) mass is 265 g/mol. The predicted octanol–water partition coefficient (Wildman–Crippen LogP) is 2.47. The lowest BCUT2D eigenvalue weighted by atomic mass is 9.88. The van der Waals surface area contributed by atoms with Gasteiger partial charge in [-0.2, -0.15) is 0 Å². The number of ether oxygens (including phenoxy) is 1. The fourth-order valence-electron chi connectivity index (χ4n) is 2.41. The SMILES string of the molecule is CC(C)(C)OC(=O)C1CNCC1c1ccccc1F. The zero-order valence-corrected chi connectivity index (χ0v) is 11.6. The van der Waals surface area contributed by atoms with Crippen molar-refractivity contribution in [3.05, 3.63) is 35.6 Å². The minimum atomic E-state index is -0.514. The molecule has 0 bridgehead atoms. The molecule has 104 valence electrons. The number of carbonyl (C=O) groups is 1. The van der Waals surface area contributed by atoms with Crippen LogP contribution in [-0.2, 0) is 9.53 Å². The van der Waals surface area contributed by atoms with Crippen LogP contribution in [0.5, 0.6) is 0 Å².